The number of hydrogen-bond acceptors (Lipinski definition) is 5. The Labute approximate surface area is 136 Å². The number of anilines is 2. The number of carbonyl (C=O) groups is 1. The minimum Gasteiger partial charge on any atom is -0.480 e. The Morgan fingerprint density at radius 3 is 2.45 bits per heavy atom. The third kappa shape index (κ3) is 3.35. The summed E-state index contributed by atoms with van der Waals surface area (Å²) in [5, 5.41) is 15.9. The van der Waals surface area contributed by atoms with Gasteiger partial charge in [0.1, 0.15) is 6.54 Å². The van der Waals surface area contributed by atoms with Gasteiger partial charge in [-0.15, -0.1) is 11.3 Å². The zero-order chi connectivity index (χ0) is 15.4. The van der Waals surface area contributed by atoms with Crippen molar-refractivity contribution in [1.82, 2.24) is 0 Å². The molecule has 0 radical (unpaired) electrons. The van der Waals surface area contributed by atoms with E-state index in [9.17, 15) is 4.79 Å². The summed E-state index contributed by atoms with van der Waals surface area (Å²) in [5.41, 5.74) is 1.83. The van der Waals surface area contributed by atoms with Crippen molar-refractivity contribution in [3.8, 4) is 0 Å². The van der Waals surface area contributed by atoms with Crippen molar-refractivity contribution in [2.75, 3.05) is 16.6 Å². The number of hydrogen-bond donors (Lipinski definition) is 3. The summed E-state index contributed by atoms with van der Waals surface area (Å²) >= 11 is 3.26. The van der Waals surface area contributed by atoms with Gasteiger partial charge in [0.25, 0.3) is 0 Å². The van der Waals surface area contributed by atoms with E-state index in [4.69, 9.17) is 5.11 Å². The lowest BCUT2D eigenvalue weighted by Gasteiger charge is -2.12. The summed E-state index contributed by atoms with van der Waals surface area (Å²) < 4.78 is 4.56. The van der Waals surface area contributed by atoms with Crippen LogP contribution in [0, 0.1) is 0 Å². The van der Waals surface area contributed by atoms with E-state index < -0.39 is 5.97 Å². The maximum Gasteiger partial charge on any atom is 0.322 e. The Bertz CT molecular complexity index is 788. The topological polar surface area (TPSA) is 61.4 Å². The van der Waals surface area contributed by atoms with Crippen LogP contribution in [-0.2, 0) is 4.79 Å². The molecule has 2 aromatic carbocycles. The second kappa shape index (κ2) is 6.72. The number of carboxylic acids is 1. The second-order valence-corrected chi connectivity index (χ2v) is 6.64. The number of aliphatic carboxylic acids is 1. The summed E-state index contributed by atoms with van der Waals surface area (Å²) in [4.78, 5) is 10.7. The van der Waals surface area contributed by atoms with Crippen molar-refractivity contribution in [2.24, 2.45) is 0 Å². The van der Waals surface area contributed by atoms with Crippen LogP contribution in [-0.4, -0.2) is 17.6 Å². The number of thiophene rings is 1. The first kappa shape index (κ1) is 14.7. The van der Waals surface area contributed by atoms with Crippen molar-refractivity contribution in [1.29, 1.82) is 0 Å². The van der Waals surface area contributed by atoms with Crippen LogP contribution in [0.25, 0.3) is 10.8 Å². The summed E-state index contributed by atoms with van der Waals surface area (Å²) in [6, 6.07) is 15.9. The predicted octanol–water partition coefficient (Wildman–Crippen LogP) is 4.52. The Hall–Kier alpha value is -2.18. The van der Waals surface area contributed by atoms with E-state index >= 15 is 0 Å². The Morgan fingerprint density at radius 2 is 1.77 bits per heavy atom. The summed E-state index contributed by atoms with van der Waals surface area (Å²) in [6.45, 7) is -0.0965. The molecule has 0 saturated heterocycles. The summed E-state index contributed by atoms with van der Waals surface area (Å²) in [6.07, 6.45) is 0. The van der Waals surface area contributed by atoms with E-state index in [1.165, 1.54) is 4.21 Å². The molecule has 3 N–H and O–H groups in total. The van der Waals surface area contributed by atoms with Gasteiger partial charge in [0.2, 0.25) is 0 Å². The number of fused-ring (bicyclic) bond motifs is 1. The molecule has 1 heterocycles. The van der Waals surface area contributed by atoms with Crippen LogP contribution < -0.4 is 10.0 Å². The molecule has 0 fully saturated rings. The first-order chi connectivity index (χ1) is 10.7. The van der Waals surface area contributed by atoms with Gasteiger partial charge in [0.05, 0.1) is 9.90 Å². The molecule has 1 aromatic heterocycles. The normalized spacial score (nSPS) is 10.5. The fourth-order valence-corrected chi connectivity index (χ4v) is 3.61. The van der Waals surface area contributed by atoms with Gasteiger partial charge < -0.3 is 15.1 Å². The van der Waals surface area contributed by atoms with Crippen LogP contribution in [0.15, 0.2) is 58.1 Å². The zero-order valence-corrected chi connectivity index (χ0v) is 13.2. The van der Waals surface area contributed by atoms with Gasteiger partial charge >= 0.3 is 5.97 Å². The maximum atomic E-state index is 10.7. The Morgan fingerprint density at radius 1 is 1.05 bits per heavy atom. The highest BCUT2D eigenvalue weighted by molar-refractivity contribution is 8.02. The number of rotatable bonds is 6. The zero-order valence-electron chi connectivity index (χ0n) is 11.6. The average Bonchev–Trinajstić information content (AvgIpc) is 3.04. The van der Waals surface area contributed by atoms with E-state index in [0.717, 1.165) is 22.1 Å². The number of carboxylic acid groups (broad SMARTS) is 1. The van der Waals surface area contributed by atoms with Crippen LogP contribution in [0.5, 0.6) is 0 Å². The van der Waals surface area contributed by atoms with Crippen LogP contribution in [0.4, 0.5) is 11.4 Å². The quantitative estimate of drug-likeness (QED) is 0.580. The van der Waals surface area contributed by atoms with Gasteiger partial charge in [0.15, 0.2) is 0 Å². The highest BCUT2D eigenvalue weighted by Crippen LogP contribution is 2.33. The largest absolute Gasteiger partial charge is 0.480 e. The lowest BCUT2D eigenvalue weighted by atomic mass is 10.1. The van der Waals surface area contributed by atoms with E-state index in [1.807, 2.05) is 47.8 Å². The van der Waals surface area contributed by atoms with Crippen molar-refractivity contribution in [3.63, 3.8) is 0 Å². The molecule has 0 aliphatic rings. The first-order valence-corrected chi connectivity index (χ1v) is 8.37. The van der Waals surface area contributed by atoms with Gasteiger partial charge in [-0.25, -0.2) is 0 Å². The minimum absolute atomic E-state index is 0.0965. The molecule has 3 aromatic rings. The first-order valence-electron chi connectivity index (χ1n) is 6.68. The molecule has 3 rings (SSSR count). The molecular formula is C16H14N2O2S2. The standard InChI is InChI=1S/C16H14N2O2S2/c19-15(20)10-17-13-7-8-14(12-5-2-1-4-11(12)13)18-22-16-6-3-9-21-16/h1-9,17-18H,10H2,(H,19,20). The smallest absolute Gasteiger partial charge is 0.322 e. The van der Waals surface area contributed by atoms with Gasteiger partial charge in [-0.05, 0) is 35.5 Å². The molecule has 6 heteroatoms. The highest BCUT2D eigenvalue weighted by atomic mass is 32.2. The number of benzene rings is 2. The SMILES string of the molecule is O=C(O)CNc1ccc(NSc2cccs2)c2ccccc12. The predicted molar refractivity (Wildman–Crippen MR) is 93.9 cm³/mol. The lowest BCUT2D eigenvalue weighted by molar-refractivity contribution is -0.134. The molecule has 0 aliphatic carbocycles. The fraction of sp³-hybridized carbons (Fsp3) is 0.0625. The third-order valence-electron chi connectivity index (χ3n) is 3.11. The van der Waals surface area contributed by atoms with Crippen LogP contribution in [0.3, 0.4) is 0 Å². The average molecular weight is 330 g/mol. The molecule has 0 atom stereocenters. The minimum atomic E-state index is -0.875. The van der Waals surface area contributed by atoms with E-state index in [1.54, 1.807) is 23.3 Å². The van der Waals surface area contributed by atoms with E-state index in [0.29, 0.717) is 0 Å². The summed E-state index contributed by atoms with van der Waals surface area (Å²) in [5.74, 6) is -0.875. The molecule has 0 spiro atoms. The molecule has 112 valence electrons. The Kier molecular flexibility index (Phi) is 4.50. The molecule has 4 nitrogen and oxygen atoms in total. The maximum absolute atomic E-state index is 10.7. The van der Waals surface area contributed by atoms with E-state index in [2.05, 4.69) is 16.1 Å². The molecule has 0 aliphatic heterocycles. The molecule has 0 amide bonds. The molecular weight excluding hydrogens is 316 g/mol. The highest BCUT2D eigenvalue weighted by Gasteiger charge is 2.07. The van der Waals surface area contributed by atoms with Crippen molar-refractivity contribution in [2.45, 2.75) is 4.21 Å². The fourth-order valence-electron chi connectivity index (χ4n) is 2.14. The van der Waals surface area contributed by atoms with Crippen LogP contribution in [0.1, 0.15) is 0 Å². The van der Waals surface area contributed by atoms with Crippen LogP contribution in [0.2, 0.25) is 0 Å². The van der Waals surface area contributed by atoms with Gasteiger partial charge in [-0.3, -0.25) is 4.79 Å². The molecule has 0 unspecified atom stereocenters. The van der Waals surface area contributed by atoms with Crippen LogP contribution >= 0.6 is 23.3 Å². The molecule has 0 saturated carbocycles. The molecule has 0 bridgehead atoms. The summed E-state index contributed by atoms with van der Waals surface area (Å²) in [7, 11) is 0. The van der Waals surface area contributed by atoms with Gasteiger partial charge in [-0.1, -0.05) is 30.3 Å². The molecule has 22 heavy (non-hydrogen) atoms. The van der Waals surface area contributed by atoms with Gasteiger partial charge in [-0.2, -0.15) is 0 Å². The van der Waals surface area contributed by atoms with Crippen molar-refractivity contribution >= 4 is 51.4 Å². The van der Waals surface area contributed by atoms with Gasteiger partial charge in [0, 0.05) is 16.5 Å². The second-order valence-electron chi connectivity index (χ2n) is 4.59. The lowest BCUT2D eigenvalue weighted by Crippen LogP contribution is -2.12. The van der Waals surface area contributed by atoms with Crippen molar-refractivity contribution in [3.05, 3.63) is 53.9 Å². The third-order valence-corrected chi connectivity index (χ3v) is 4.97. The van der Waals surface area contributed by atoms with Crippen molar-refractivity contribution < 1.29 is 9.90 Å². The monoisotopic (exact) mass is 330 g/mol. The Balaban J connectivity index is 1.88. The number of nitrogens with one attached hydrogen (secondary N) is 2. The van der Waals surface area contributed by atoms with E-state index in [-0.39, 0.29) is 6.54 Å².